The van der Waals surface area contributed by atoms with E-state index in [1.807, 2.05) is 0 Å². The molecule has 0 amide bonds. The SMILES string of the molecule is CC(C)c1ccc(C2CCC(C3CCC3C(=O)O)CC2)cc1. The lowest BCUT2D eigenvalue weighted by Gasteiger charge is -2.42. The van der Waals surface area contributed by atoms with Crippen molar-refractivity contribution in [2.45, 2.75) is 64.2 Å². The van der Waals surface area contributed by atoms with Crippen LogP contribution in [0.5, 0.6) is 0 Å². The molecule has 1 aromatic rings. The van der Waals surface area contributed by atoms with Crippen molar-refractivity contribution in [2.75, 3.05) is 0 Å². The number of rotatable bonds is 4. The molecule has 3 rings (SSSR count). The summed E-state index contributed by atoms with van der Waals surface area (Å²) in [7, 11) is 0. The van der Waals surface area contributed by atoms with Crippen molar-refractivity contribution in [3.8, 4) is 0 Å². The molecule has 2 aliphatic carbocycles. The Morgan fingerprint density at radius 3 is 2.09 bits per heavy atom. The molecule has 0 saturated heterocycles. The molecule has 2 heteroatoms. The van der Waals surface area contributed by atoms with Gasteiger partial charge in [-0.05, 0) is 73.3 Å². The van der Waals surface area contributed by atoms with Crippen LogP contribution in [0.15, 0.2) is 24.3 Å². The van der Waals surface area contributed by atoms with Gasteiger partial charge < -0.3 is 5.11 Å². The van der Waals surface area contributed by atoms with Crippen molar-refractivity contribution in [1.82, 2.24) is 0 Å². The van der Waals surface area contributed by atoms with Gasteiger partial charge in [0.1, 0.15) is 0 Å². The number of carboxylic acids is 1. The summed E-state index contributed by atoms with van der Waals surface area (Å²) >= 11 is 0. The number of hydrogen-bond donors (Lipinski definition) is 1. The van der Waals surface area contributed by atoms with E-state index in [0.717, 1.165) is 12.8 Å². The van der Waals surface area contributed by atoms with Gasteiger partial charge in [0.2, 0.25) is 0 Å². The Balaban J connectivity index is 1.56. The van der Waals surface area contributed by atoms with E-state index in [1.165, 1.54) is 36.8 Å². The second kappa shape index (κ2) is 6.44. The van der Waals surface area contributed by atoms with Gasteiger partial charge in [-0.1, -0.05) is 38.1 Å². The lowest BCUT2D eigenvalue weighted by atomic mass is 9.62. The molecular weight excluding hydrogens is 272 g/mol. The minimum Gasteiger partial charge on any atom is -0.481 e. The summed E-state index contributed by atoms with van der Waals surface area (Å²) < 4.78 is 0. The van der Waals surface area contributed by atoms with Crippen molar-refractivity contribution in [3.05, 3.63) is 35.4 Å². The second-order valence-corrected chi connectivity index (χ2v) is 7.62. The van der Waals surface area contributed by atoms with Gasteiger partial charge in [0.15, 0.2) is 0 Å². The van der Waals surface area contributed by atoms with Crippen molar-refractivity contribution in [1.29, 1.82) is 0 Å². The summed E-state index contributed by atoms with van der Waals surface area (Å²) in [6.07, 6.45) is 6.92. The van der Waals surface area contributed by atoms with Crippen LogP contribution in [0.25, 0.3) is 0 Å². The maximum absolute atomic E-state index is 11.2. The molecule has 120 valence electrons. The topological polar surface area (TPSA) is 37.3 Å². The van der Waals surface area contributed by atoms with E-state index in [0.29, 0.717) is 23.7 Å². The quantitative estimate of drug-likeness (QED) is 0.830. The minimum atomic E-state index is -0.567. The monoisotopic (exact) mass is 300 g/mol. The molecular formula is C20H28O2. The number of hydrogen-bond acceptors (Lipinski definition) is 1. The largest absolute Gasteiger partial charge is 0.481 e. The molecule has 0 heterocycles. The van der Waals surface area contributed by atoms with Crippen LogP contribution in [0.2, 0.25) is 0 Å². The number of carboxylic acid groups (broad SMARTS) is 1. The zero-order chi connectivity index (χ0) is 15.7. The lowest BCUT2D eigenvalue weighted by Crippen LogP contribution is -2.39. The normalized spacial score (nSPS) is 31.8. The Hall–Kier alpha value is -1.31. The van der Waals surface area contributed by atoms with Crippen molar-refractivity contribution in [2.24, 2.45) is 17.8 Å². The van der Waals surface area contributed by atoms with Gasteiger partial charge in [0.25, 0.3) is 0 Å². The summed E-state index contributed by atoms with van der Waals surface area (Å²) in [6, 6.07) is 9.17. The highest BCUT2D eigenvalue weighted by Gasteiger charge is 2.42. The average molecular weight is 300 g/mol. The maximum atomic E-state index is 11.2. The van der Waals surface area contributed by atoms with Gasteiger partial charge in [0, 0.05) is 0 Å². The van der Waals surface area contributed by atoms with Crippen LogP contribution in [0.4, 0.5) is 0 Å². The lowest BCUT2D eigenvalue weighted by molar-refractivity contribution is -0.149. The number of benzene rings is 1. The zero-order valence-corrected chi connectivity index (χ0v) is 13.8. The molecule has 2 saturated carbocycles. The van der Waals surface area contributed by atoms with E-state index < -0.39 is 5.97 Å². The van der Waals surface area contributed by atoms with E-state index >= 15 is 0 Å². The summed E-state index contributed by atoms with van der Waals surface area (Å²) in [4.78, 5) is 11.2. The average Bonchev–Trinajstić information content (AvgIpc) is 2.46. The molecule has 1 aromatic carbocycles. The highest BCUT2D eigenvalue weighted by Crippen LogP contribution is 2.47. The minimum absolute atomic E-state index is 0.0492. The fourth-order valence-electron chi connectivity index (χ4n) is 4.43. The van der Waals surface area contributed by atoms with E-state index in [-0.39, 0.29) is 5.92 Å². The van der Waals surface area contributed by atoms with Gasteiger partial charge in [-0.2, -0.15) is 0 Å². The standard InChI is InChI=1S/C20H28O2/c1-13(2)14-3-5-15(6-4-14)16-7-9-17(10-8-16)18-11-12-19(18)20(21)22/h3-6,13,16-19H,7-12H2,1-2H3,(H,21,22). The molecule has 0 aliphatic heterocycles. The Morgan fingerprint density at radius 2 is 1.64 bits per heavy atom. The molecule has 1 N–H and O–H groups in total. The number of aliphatic carboxylic acids is 1. The highest BCUT2D eigenvalue weighted by atomic mass is 16.4. The van der Waals surface area contributed by atoms with Gasteiger partial charge in [-0.3, -0.25) is 4.79 Å². The van der Waals surface area contributed by atoms with E-state index in [2.05, 4.69) is 38.1 Å². The maximum Gasteiger partial charge on any atom is 0.306 e. The van der Waals surface area contributed by atoms with Crippen LogP contribution >= 0.6 is 0 Å². The summed E-state index contributed by atoms with van der Waals surface area (Å²) in [5.41, 5.74) is 2.89. The molecule has 2 aliphatic rings. The molecule has 0 radical (unpaired) electrons. The number of carbonyl (C=O) groups is 1. The smallest absolute Gasteiger partial charge is 0.306 e. The third-order valence-corrected chi connectivity index (χ3v) is 6.10. The van der Waals surface area contributed by atoms with Gasteiger partial charge in [-0.25, -0.2) is 0 Å². The molecule has 22 heavy (non-hydrogen) atoms. The first kappa shape index (κ1) is 15.6. The second-order valence-electron chi connectivity index (χ2n) is 7.62. The first-order valence-electron chi connectivity index (χ1n) is 8.89. The third-order valence-electron chi connectivity index (χ3n) is 6.10. The molecule has 2 fully saturated rings. The summed E-state index contributed by atoms with van der Waals surface area (Å²) in [6.45, 7) is 4.47. The van der Waals surface area contributed by atoms with Crippen LogP contribution < -0.4 is 0 Å². The predicted molar refractivity (Wildman–Crippen MR) is 89.1 cm³/mol. The molecule has 0 bridgehead atoms. The van der Waals surface area contributed by atoms with E-state index in [1.54, 1.807) is 0 Å². The first-order valence-corrected chi connectivity index (χ1v) is 8.89. The van der Waals surface area contributed by atoms with E-state index in [4.69, 9.17) is 0 Å². The Kier molecular flexibility index (Phi) is 4.56. The molecule has 2 unspecified atom stereocenters. The first-order chi connectivity index (χ1) is 10.6. The van der Waals surface area contributed by atoms with Crippen LogP contribution in [0.3, 0.4) is 0 Å². The molecule has 2 nitrogen and oxygen atoms in total. The Labute approximate surface area is 133 Å². The van der Waals surface area contributed by atoms with Crippen molar-refractivity contribution >= 4 is 5.97 Å². The van der Waals surface area contributed by atoms with Crippen LogP contribution in [-0.4, -0.2) is 11.1 Å². The summed E-state index contributed by atoms with van der Waals surface area (Å²) in [5, 5.41) is 9.24. The highest BCUT2D eigenvalue weighted by molar-refractivity contribution is 5.71. The predicted octanol–water partition coefficient (Wildman–Crippen LogP) is 5.19. The molecule has 0 aromatic heterocycles. The zero-order valence-electron chi connectivity index (χ0n) is 13.8. The van der Waals surface area contributed by atoms with Crippen LogP contribution in [0, 0.1) is 17.8 Å². The Morgan fingerprint density at radius 1 is 1.00 bits per heavy atom. The Bertz CT molecular complexity index is 509. The summed E-state index contributed by atoms with van der Waals surface area (Å²) in [5.74, 6) is 1.77. The van der Waals surface area contributed by atoms with Gasteiger partial charge >= 0.3 is 5.97 Å². The van der Waals surface area contributed by atoms with Crippen molar-refractivity contribution < 1.29 is 9.90 Å². The van der Waals surface area contributed by atoms with Crippen molar-refractivity contribution in [3.63, 3.8) is 0 Å². The van der Waals surface area contributed by atoms with Crippen LogP contribution in [0.1, 0.15) is 75.3 Å². The fraction of sp³-hybridized carbons (Fsp3) is 0.650. The van der Waals surface area contributed by atoms with Crippen LogP contribution in [-0.2, 0) is 4.79 Å². The van der Waals surface area contributed by atoms with E-state index in [9.17, 15) is 9.90 Å². The molecule has 2 atom stereocenters. The molecule has 0 spiro atoms. The third kappa shape index (κ3) is 3.06. The fourth-order valence-corrected chi connectivity index (χ4v) is 4.43. The van der Waals surface area contributed by atoms with Gasteiger partial charge in [-0.15, -0.1) is 0 Å². The van der Waals surface area contributed by atoms with Gasteiger partial charge in [0.05, 0.1) is 5.92 Å².